The molecule has 19 heavy (non-hydrogen) atoms. The SMILES string of the molecule is N#Cc1ncccc1CN1CCCC1C1CCCC1. The Morgan fingerprint density at radius 3 is 2.89 bits per heavy atom. The quantitative estimate of drug-likeness (QED) is 0.833. The molecule has 1 saturated heterocycles. The van der Waals surface area contributed by atoms with Gasteiger partial charge in [-0.05, 0) is 44.2 Å². The third kappa shape index (κ3) is 2.64. The lowest BCUT2D eigenvalue weighted by Crippen LogP contribution is -2.34. The van der Waals surface area contributed by atoms with E-state index in [1.807, 2.05) is 6.07 Å². The Kier molecular flexibility index (Phi) is 3.79. The van der Waals surface area contributed by atoms with Crippen molar-refractivity contribution >= 4 is 0 Å². The van der Waals surface area contributed by atoms with Crippen molar-refractivity contribution in [2.45, 2.75) is 51.1 Å². The molecule has 0 spiro atoms. The summed E-state index contributed by atoms with van der Waals surface area (Å²) in [4.78, 5) is 6.77. The summed E-state index contributed by atoms with van der Waals surface area (Å²) in [7, 11) is 0. The molecule has 0 radical (unpaired) electrons. The van der Waals surface area contributed by atoms with Gasteiger partial charge in [-0.15, -0.1) is 0 Å². The van der Waals surface area contributed by atoms with E-state index in [0.29, 0.717) is 5.69 Å². The molecule has 2 fully saturated rings. The zero-order valence-corrected chi connectivity index (χ0v) is 11.4. The van der Waals surface area contributed by atoms with Crippen molar-refractivity contribution in [2.24, 2.45) is 5.92 Å². The van der Waals surface area contributed by atoms with Crippen LogP contribution < -0.4 is 0 Å². The van der Waals surface area contributed by atoms with Crippen LogP contribution in [-0.4, -0.2) is 22.5 Å². The molecule has 1 saturated carbocycles. The van der Waals surface area contributed by atoms with E-state index in [2.05, 4.69) is 22.0 Å². The van der Waals surface area contributed by atoms with Gasteiger partial charge >= 0.3 is 0 Å². The molecule has 0 N–H and O–H groups in total. The van der Waals surface area contributed by atoms with Crippen molar-refractivity contribution in [1.82, 2.24) is 9.88 Å². The van der Waals surface area contributed by atoms with Crippen molar-refractivity contribution in [2.75, 3.05) is 6.54 Å². The van der Waals surface area contributed by atoms with E-state index in [9.17, 15) is 0 Å². The number of hydrogen-bond donors (Lipinski definition) is 0. The van der Waals surface area contributed by atoms with E-state index in [1.165, 1.54) is 45.1 Å². The molecule has 1 aliphatic carbocycles. The maximum atomic E-state index is 9.14. The highest BCUT2D eigenvalue weighted by molar-refractivity contribution is 5.30. The van der Waals surface area contributed by atoms with Crippen LogP contribution in [0.4, 0.5) is 0 Å². The van der Waals surface area contributed by atoms with Crippen LogP contribution in [0.2, 0.25) is 0 Å². The van der Waals surface area contributed by atoms with Gasteiger partial charge in [0, 0.05) is 24.3 Å². The fourth-order valence-corrected chi connectivity index (χ4v) is 3.81. The number of pyridine rings is 1. The van der Waals surface area contributed by atoms with Gasteiger partial charge in [0.1, 0.15) is 11.8 Å². The number of rotatable bonds is 3. The Morgan fingerprint density at radius 1 is 1.26 bits per heavy atom. The van der Waals surface area contributed by atoms with Gasteiger partial charge in [-0.2, -0.15) is 5.26 Å². The highest BCUT2D eigenvalue weighted by Gasteiger charge is 2.33. The summed E-state index contributed by atoms with van der Waals surface area (Å²) >= 11 is 0. The van der Waals surface area contributed by atoms with Gasteiger partial charge in [-0.25, -0.2) is 4.98 Å². The maximum absolute atomic E-state index is 9.14. The second-order valence-corrected chi connectivity index (χ2v) is 5.85. The average Bonchev–Trinajstić information content (AvgIpc) is 3.09. The molecule has 100 valence electrons. The molecule has 2 heterocycles. The second kappa shape index (κ2) is 5.71. The van der Waals surface area contributed by atoms with Crippen LogP contribution in [-0.2, 0) is 6.54 Å². The van der Waals surface area contributed by atoms with Crippen molar-refractivity contribution in [3.63, 3.8) is 0 Å². The summed E-state index contributed by atoms with van der Waals surface area (Å²) in [6.07, 6.45) is 9.98. The van der Waals surface area contributed by atoms with E-state index < -0.39 is 0 Å². The van der Waals surface area contributed by atoms with Gasteiger partial charge in [0.25, 0.3) is 0 Å². The highest BCUT2D eigenvalue weighted by Crippen LogP contribution is 2.36. The number of nitrogens with zero attached hydrogens (tertiary/aromatic N) is 3. The summed E-state index contributed by atoms with van der Waals surface area (Å²) in [6, 6.07) is 6.95. The Bertz CT molecular complexity index is 471. The zero-order chi connectivity index (χ0) is 13.1. The van der Waals surface area contributed by atoms with Gasteiger partial charge < -0.3 is 0 Å². The van der Waals surface area contributed by atoms with E-state index in [1.54, 1.807) is 6.20 Å². The second-order valence-electron chi connectivity index (χ2n) is 5.85. The van der Waals surface area contributed by atoms with Crippen LogP contribution in [0.15, 0.2) is 18.3 Å². The molecule has 1 aromatic heterocycles. The monoisotopic (exact) mass is 255 g/mol. The molecule has 1 aliphatic heterocycles. The van der Waals surface area contributed by atoms with Crippen LogP contribution in [0.1, 0.15) is 49.8 Å². The Morgan fingerprint density at radius 2 is 2.11 bits per heavy atom. The van der Waals surface area contributed by atoms with Crippen LogP contribution >= 0.6 is 0 Å². The largest absolute Gasteiger partial charge is 0.296 e. The average molecular weight is 255 g/mol. The highest BCUT2D eigenvalue weighted by atomic mass is 15.2. The zero-order valence-electron chi connectivity index (χ0n) is 11.4. The van der Waals surface area contributed by atoms with Crippen molar-refractivity contribution < 1.29 is 0 Å². The van der Waals surface area contributed by atoms with Crippen molar-refractivity contribution in [1.29, 1.82) is 5.26 Å². The van der Waals surface area contributed by atoms with Crippen molar-refractivity contribution in [3.8, 4) is 6.07 Å². The Hall–Kier alpha value is -1.40. The lowest BCUT2D eigenvalue weighted by atomic mass is 9.95. The third-order valence-electron chi connectivity index (χ3n) is 4.73. The molecule has 1 aromatic rings. The van der Waals surface area contributed by atoms with Gasteiger partial charge in [0.15, 0.2) is 0 Å². The Balaban J connectivity index is 1.73. The summed E-state index contributed by atoms with van der Waals surface area (Å²) in [5, 5.41) is 9.14. The number of aromatic nitrogens is 1. The molecular formula is C16H21N3. The van der Waals surface area contributed by atoms with Gasteiger partial charge in [-0.3, -0.25) is 4.90 Å². The molecule has 1 atom stereocenters. The molecule has 0 amide bonds. The first kappa shape index (κ1) is 12.6. The minimum Gasteiger partial charge on any atom is -0.296 e. The predicted octanol–water partition coefficient (Wildman–Crippen LogP) is 3.11. The number of nitriles is 1. The number of hydrogen-bond acceptors (Lipinski definition) is 3. The molecule has 3 rings (SSSR count). The molecule has 3 heteroatoms. The predicted molar refractivity (Wildman–Crippen MR) is 74.3 cm³/mol. The minimum absolute atomic E-state index is 0.597. The minimum atomic E-state index is 0.597. The summed E-state index contributed by atoms with van der Waals surface area (Å²) in [5.41, 5.74) is 1.69. The Labute approximate surface area is 115 Å². The van der Waals surface area contributed by atoms with Crippen LogP contribution in [0, 0.1) is 17.2 Å². The van der Waals surface area contributed by atoms with Crippen LogP contribution in [0.25, 0.3) is 0 Å². The number of likely N-dealkylation sites (tertiary alicyclic amines) is 1. The first-order valence-electron chi connectivity index (χ1n) is 7.46. The summed E-state index contributed by atoms with van der Waals surface area (Å²) in [6.45, 7) is 2.08. The topological polar surface area (TPSA) is 39.9 Å². The van der Waals surface area contributed by atoms with Gasteiger partial charge in [0.05, 0.1) is 0 Å². The summed E-state index contributed by atoms with van der Waals surface area (Å²) in [5.74, 6) is 0.893. The van der Waals surface area contributed by atoms with Gasteiger partial charge in [-0.1, -0.05) is 18.9 Å². The molecule has 1 unspecified atom stereocenters. The van der Waals surface area contributed by atoms with Crippen LogP contribution in [0.3, 0.4) is 0 Å². The van der Waals surface area contributed by atoms with E-state index in [0.717, 1.165) is 24.1 Å². The standard InChI is InChI=1S/C16H21N3/c17-11-15-14(7-3-9-18-15)12-19-10-4-8-16(19)13-5-1-2-6-13/h3,7,9,13,16H,1-2,4-6,8,10,12H2. The fraction of sp³-hybridized carbons (Fsp3) is 0.625. The van der Waals surface area contributed by atoms with Gasteiger partial charge in [0.2, 0.25) is 0 Å². The normalized spacial score (nSPS) is 24.7. The van der Waals surface area contributed by atoms with E-state index in [-0.39, 0.29) is 0 Å². The molecular weight excluding hydrogens is 234 g/mol. The van der Waals surface area contributed by atoms with E-state index >= 15 is 0 Å². The smallest absolute Gasteiger partial charge is 0.144 e. The molecule has 3 nitrogen and oxygen atoms in total. The molecule has 0 bridgehead atoms. The van der Waals surface area contributed by atoms with Crippen molar-refractivity contribution in [3.05, 3.63) is 29.6 Å². The maximum Gasteiger partial charge on any atom is 0.144 e. The molecule has 2 aliphatic rings. The van der Waals surface area contributed by atoms with Crippen LogP contribution in [0.5, 0.6) is 0 Å². The third-order valence-corrected chi connectivity index (χ3v) is 4.73. The molecule has 0 aromatic carbocycles. The first-order chi connectivity index (χ1) is 9.38. The summed E-state index contributed by atoms with van der Waals surface area (Å²) < 4.78 is 0. The first-order valence-corrected chi connectivity index (χ1v) is 7.46. The lowest BCUT2D eigenvalue weighted by Gasteiger charge is -2.29. The van der Waals surface area contributed by atoms with E-state index in [4.69, 9.17) is 5.26 Å². The fourth-order valence-electron chi connectivity index (χ4n) is 3.81. The lowest BCUT2D eigenvalue weighted by molar-refractivity contribution is 0.183.